The van der Waals surface area contributed by atoms with Gasteiger partial charge in [-0.05, 0) is 70.7 Å². The van der Waals surface area contributed by atoms with Crippen molar-refractivity contribution in [2.24, 2.45) is 0 Å². The smallest absolute Gasteiger partial charge is 0.344 e. The summed E-state index contributed by atoms with van der Waals surface area (Å²) in [5, 5.41) is 2.85. The second kappa shape index (κ2) is 8.91. The molecule has 2 aromatic carbocycles. The minimum Gasteiger partial charge on any atom is -0.481 e. The number of amides is 1. The lowest BCUT2D eigenvalue weighted by molar-refractivity contribution is -0.155. The van der Waals surface area contributed by atoms with E-state index >= 15 is 0 Å². The highest BCUT2D eigenvalue weighted by Gasteiger charge is 2.20. The Morgan fingerprint density at radius 2 is 1.32 bits per heavy atom. The molecular formula is C23H29NO4. The van der Waals surface area contributed by atoms with E-state index < -0.39 is 12.1 Å². The zero-order valence-electron chi connectivity index (χ0n) is 17.7. The standard InChI is InChI=1S/C23H29NO4/c1-13-8-15(3)21(16(4)9-13)24-23(26)19(7)28-20(25)12-27-22-17(5)10-14(2)11-18(22)6/h8-11,19H,12H2,1-7H3,(H,24,26)/t19-/m0/s1. The largest absolute Gasteiger partial charge is 0.481 e. The van der Waals surface area contributed by atoms with Crippen LogP contribution in [0.5, 0.6) is 5.75 Å². The number of rotatable bonds is 6. The molecule has 5 heteroatoms. The van der Waals surface area contributed by atoms with Crippen LogP contribution in [-0.4, -0.2) is 24.6 Å². The third kappa shape index (κ3) is 5.35. The first kappa shape index (κ1) is 21.5. The van der Waals surface area contributed by atoms with E-state index in [2.05, 4.69) is 5.32 Å². The number of anilines is 1. The zero-order valence-corrected chi connectivity index (χ0v) is 17.7. The zero-order chi connectivity index (χ0) is 21.0. The van der Waals surface area contributed by atoms with Crippen molar-refractivity contribution in [2.75, 3.05) is 11.9 Å². The molecule has 0 aromatic heterocycles. The van der Waals surface area contributed by atoms with Crippen LogP contribution in [0.3, 0.4) is 0 Å². The van der Waals surface area contributed by atoms with Crippen LogP contribution in [0.2, 0.25) is 0 Å². The Balaban J connectivity index is 1.94. The summed E-state index contributed by atoms with van der Waals surface area (Å²) in [7, 11) is 0. The lowest BCUT2D eigenvalue weighted by Gasteiger charge is -2.17. The Kier molecular flexibility index (Phi) is 6.84. The van der Waals surface area contributed by atoms with Gasteiger partial charge in [-0.3, -0.25) is 4.79 Å². The Bertz CT molecular complexity index is 855. The van der Waals surface area contributed by atoms with Crippen molar-refractivity contribution in [2.45, 2.75) is 54.6 Å². The molecule has 0 spiro atoms. The molecule has 2 rings (SSSR count). The van der Waals surface area contributed by atoms with Crippen LogP contribution in [-0.2, 0) is 14.3 Å². The van der Waals surface area contributed by atoms with E-state index in [1.165, 1.54) is 0 Å². The Morgan fingerprint density at radius 1 is 0.857 bits per heavy atom. The second-order valence-corrected chi connectivity index (χ2v) is 7.41. The fraction of sp³-hybridized carbons (Fsp3) is 0.391. The number of carbonyl (C=O) groups excluding carboxylic acids is 2. The maximum Gasteiger partial charge on any atom is 0.344 e. The number of nitrogens with one attached hydrogen (secondary N) is 1. The molecule has 0 heterocycles. The number of benzene rings is 2. The minimum absolute atomic E-state index is 0.245. The highest BCUT2D eigenvalue weighted by Crippen LogP contribution is 2.25. The van der Waals surface area contributed by atoms with Crippen molar-refractivity contribution in [3.63, 3.8) is 0 Å². The molecular weight excluding hydrogens is 354 g/mol. The van der Waals surface area contributed by atoms with Gasteiger partial charge in [-0.1, -0.05) is 35.4 Å². The monoisotopic (exact) mass is 383 g/mol. The van der Waals surface area contributed by atoms with Crippen molar-refractivity contribution in [1.82, 2.24) is 0 Å². The average molecular weight is 383 g/mol. The van der Waals surface area contributed by atoms with Gasteiger partial charge in [0, 0.05) is 5.69 Å². The summed E-state index contributed by atoms with van der Waals surface area (Å²) in [5.74, 6) is -0.281. The highest BCUT2D eigenvalue weighted by atomic mass is 16.6. The van der Waals surface area contributed by atoms with Crippen molar-refractivity contribution in [1.29, 1.82) is 0 Å². The second-order valence-electron chi connectivity index (χ2n) is 7.41. The van der Waals surface area contributed by atoms with Crippen LogP contribution in [0.15, 0.2) is 24.3 Å². The lowest BCUT2D eigenvalue weighted by Crippen LogP contribution is -2.32. The van der Waals surface area contributed by atoms with E-state index in [1.54, 1.807) is 6.92 Å². The summed E-state index contributed by atoms with van der Waals surface area (Å²) in [6, 6.07) is 7.99. The SMILES string of the molecule is Cc1cc(C)c(NC(=O)[C@H](C)OC(=O)COc2c(C)cc(C)cc2C)c(C)c1. The van der Waals surface area contributed by atoms with Crippen molar-refractivity contribution >= 4 is 17.6 Å². The van der Waals surface area contributed by atoms with Crippen LogP contribution < -0.4 is 10.1 Å². The number of ether oxygens (including phenoxy) is 2. The van der Waals surface area contributed by atoms with Gasteiger partial charge >= 0.3 is 5.97 Å². The van der Waals surface area contributed by atoms with Crippen LogP contribution in [0.1, 0.15) is 40.3 Å². The predicted molar refractivity (Wildman–Crippen MR) is 111 cm³/mol. The van der Waals surface area contributed by atoms with E-state index in [-0.39, 0.29) is 12.5 Å². The Labute approximate surface area is 167 Å². The lowest BCUT2D eigenvalue weighted by atomic mass is 10.0. The van der Waals surface area contributed by atoms with Crippen molar-refractivity contribution < 1.29 is 19.1 Å². The van der Waals surface area contributed by atoms with Crippen LogP contribution >= 0.6 is 0 Å². The van der Waals surface area contributed by atoms with Gasteiger partial charge in [0.15, 0.2) is 12.7 Å². The summed E-state index contributed by atoms with van der Waals surface area (Å²) in [5.41, 5.74) is 6.88. The fourth-order valence-corrected chi connectivity index (χ4v) is 3.41. The molecule has 0 saturated heterocycles. The number of aryl methyl sites for hydroxylation is 6. The summed E-state index contributed by atoms with van der Waals surface area (Å²) in [6.07, 6.45) is -0.920. The molecule has 0 aliphatic carbocycles. The molecule has 0 saturated carbocycles. The number of carbonyl (C=O) groups is 2. The fourth-order valence-electron chi connectivity index (χ4n) is 3.41. The van der Waals surface area contributed by atoms with Gasteiger partial charge in [0.1, 0.15) is 5.75 Å². The van der Waals surface area contributed by atoms with E-state index in [9.17, 15) is 9.59 Å². The third-order valence-corrected chi connectivity index (χ3v) is 4.54. The van der Waals surface area contributed by atoms with E-state index in [0.717, 1.165) is 39.1 Å². The molecule has 1 amide bonds. The normalized spacial score (nSPS) is 11.7. The molecule has 2 aromatic rings. The first-order valence-corrected chi connectivity index (χ1v) is 9.37. The summed E-state index contributed by atoms with van der Waals surface area (Å²) < 4.78 is 10.9. The maximum atomic E-state index is 12.4. The van der Waals surface area contributed by atoms with Gasteiger partial charge in [0.25, 0.3) is 5.91 Å². The van der Waals surface area contributed by atoms with Gasteiger partial charge in [-0.2, -0.15) is 0 Å². The molecule has 5 nitrogen and oxygen atoms in total. The molecule has 0 aliphatic heterocycles. The summed E-state index contributed by atoms with van der Waals surface area (Å²) in [4.78, 5) is 24.6. The van der Waals surface area contributed by atoms with E-state index in [1.807, 2.05) is 65.8 Å². The van der Waals surface area contributed by atoms with Crippen LogP contribution in [0.4, 0.5) is 5.69 Å². The first-order chi connectivity index (χ1) is 13.1. The third-order valence-electron chi connectivity index (χ3n) is 4.54. The molecule has 0 radical (unpaired) electrons. The molecule has 1 atom stereocenters. The summed E-state index contributed by atoms with van der Waals surface area (Å²) in [6.45, 7) is 13.1. The first-order valence-electron chi connectivity index (χ1n) is 9.37. The molecule has 28 heavy (non-hydrogen) atoms. The Morgan fingerprint density at radius 3 is 1.82 bits per heavy atom. The number of hydrogen-bond donors (Lipinski definition) is 1. The quantitative estimate of drug-likeness (QED) is 0.747. The molecule has 0 unspecified atom stereocenters. The molecule has 0 fully saturated rings. The van der Waals surface area contributed by atoms with Gasteiger partial charge in [0.2, 0.25) is 0 Å². The van der Waals surface area contributed by atoms with Crippen LogP contribution in [0.25, 0.3) is 0 Å². The van der Waals surface area contributed by atoms with Crippen LogP contribution in [0, 0.1) is 41.5 Å². The Hall–Kier alpha value is -2.82. The van der Waals surface area contributed by atoms with Crippen molar-refractivity contribution in [3.05, 3.63) is 57.6 Å². The number of esters is 1. The summed E-state index contributed by atoms with van der Waals surface area (Å²) >= 11 is 0. The molecule has 0 aliphatic rings. The average Bonchev–Trinajstić information content (AvgIpc) is 2.56. The van der Waals surface area contributed by atoms with Gasteiger partial charge in [0.05, 0.1) is 0 Å². The molecule has 150 valence electrons. The number of hydrogen-bond acceptors (Lipinski definition) is 4. The van der Waals surface area contributed by atoms with E-state index in [4.69, 9.17) is 9.47 Å². The predicted octanol–water partition coefficient (Wildman–Crippen LogP) is 4.49. The highest BCUT2D eigenvalue weighted by molar-refractivity contribution is 5.96. The minimum atomic E-state index is -0.920. The van der Waals surface area contributed by atoms with Crippen molar-refractivity contribution in [3.8, 4) is 5.75 Å². The molecule has 1 N–H and O–H groups in total. The molecule has 0 bridgehead atoms. The van der Waals surface area contributed by atoms with Gasteiger partial charge < -0.3 is 14.8 Å². The maximum absolute atomic E-state index is 12.4. The topological polar surface area (TPSA) is 64.6 Å². The van der Waals surface area contributed by atoms with E-state index in [0.29, 0.717) is 5.75 Å². The van der Waals surface area contributed by atoms with Gasteiger partial charge in [-0.15, -0.1) is 0 Å². The van der Waals surface area contributed by atoms with Gasteiger partial charge in [-0.25, -0.2) is 4.79 Å².